The van der Waals surface area contributed by atoms with Crippen molar-refractivity contribution in [2.75, 3.05) is 6.54 Å². The Kier molecular flexibility index (Phi) is 4.12. The lowest BCUT2D eigenvalue weighted by Gasteiger charge is -2.05. The quantitative estimate of drug-likeness (QED) is 0.804. The molecule has 1 aromatic rings. The van der Waals surface area contributed by atoms with Crippen LogP contribution in [0, 0.1) is 0 Å². The van der Waals surface area contributed by atoms with Crippen LogP contribution in [0.25, 0.3) is 0 Å². The molecule has 0 atom stereocenters. The molecule has 0 amide bonds. The minimum absolute atomic E-state index is 0.0583. The summed E-state index contributed by atoms with van der Waals surface area (Å²) >= 11 is 0. The van der Waals surface area contributed by atoms with Gasteiger partial charge in [-0.1, -0.05) is 12.1 Å². The fourth-order valence-corrected chi connectivity index (χ4v) is 1.73. The fourth-order valence-electron chi connectivity index (χ4n) is 1.22. The number of rotatable bonds is 4. The lowest BCUT2D eigenvalue weighted by molar-refractivity contribution is -0.690. The molecule has 0 aliphatic rings. The van der Waals surface area contributed by atoms with Crippen molar-refractivity contribution in [1.29, 1.82) is 0 Å². The number of benzene rings is 1. The van der Waals surface area contributed by atoms with Crippen LogP contribution in [0.2, 0.25) is 0 Å². The second-order valence-electron chi connectivity index (χ2n) is 3.50. The molecule has 1 rings (SSSR count). The molecule has 8 heteroatoms. The van der Waals surface area contributed by atoms with E-state index in [-0.39, 0.29) is 11.4 Å². The lowest BCUT2D eigenvalue weighted by Crippen LogP contribution is -2.85. The number of nitrogens with two attached hydrogens (primary N) is 2. The predicted octanol–water partition coefficient (Wildman–Crippen LogP) is -0.0403. The van der Waals surface area contributed by atoms with Crippen LogP contribution < -0.4 is 10.5 Å². The third kappa shape index (κ3) is 5.16. The molecule has 1 aromatic carbocycles. The van der Waals surface area contributed by atoms with Crippen LogP contribution in [0.15, 0.2) is 29.2 Å². The maximum absolute atomic E-state index is 11.9. The van der Waals surface area contributed by atoms with Crippen molar-refractivity contribution in [1.82, 2.24) is 0 Å². The van der Waals surface area contributed by atoms with Gasteiger partial charge in [0.15, 0.2) is 6.54 Å². The van der Waals surface area contributed by atoms with Gasteiger partial charge in [0.1, 0.15) is 6.54 Å². The molecule has 0 spiro atoms. The summed E-state index contributed by atoms with van der Waals surface area (Å²) in [5.41, 5.74) is 0.599. The Morgan fingerprint density at radius 2 is 1.71 bits per heavy atom. The van der Waals surface area contributed by atoms with Gasteiger partial charge in [0, 0.05) is 5.56 Å². The molecule has 0 heterocycles. The largest absolute Gasteiger partial charge is 0.438 e. The molecule has 4 N–H and O–H groups in total. The van der Waals surface area contributed by atoms with E-state index in [9.17, 15) is 21.6 Å². The maximum Gasteiger partial charge on any atom is 0.438 e. The number of halogens is 3. The van der Waals surface area contributed by atoms with Crippen molar-refractivity contribution in [3.05, 3.63) is 29.8 Å². The van der Waals surface area contributed by atoms with Gasteiger partial charge in [-0.2, -0.15) is 13.2 Å². The van der Waals surface area contributed by atoms with Crippen molar-refractivity contribution in [3.63, 3.8) is 0 Å². The molecule has 0 unspecified atom stereocenters. The van der Waals surface area contributed by atoms with E-state index < -0.39 is 22.7 Å². The summed E-state index contributed by atoms with van der Waals surface area (Å²) < 4.78 is 57.4. The van der Waals surface area contributed by atoms with E-state index in [1.807, 2.05) is 0 Å². The monoisotopic (exact) mass is 269 g/mol. The van der Waals surface area contributed by atoms with Crippen molar-refractivity contribution in [2.45, 2.75) is 17.6 Å². The number of quaternary nitrogens is 1. The molecule has 0 bridgehead atoms. The van der Waals surface area contributed by atoms with Gasteiger partial charge in [-0.15, -0.1) is 0 Å². The van der Waals surface area contributed by atoms with E-state index in [4.69, 9.17) is 5.14 Å². The standard InChI is InChI=1S/C9H11F3N2O2S/c10-9(11,12)6-14-5-7-1-3-8(4-2-7)17(13,15)16/h1-4,14H,5-6H2,(H2,13,15,16)/p+1. The number of primary sulfonamides is 1. The van der Waals surface area contributed by atoms with E-state index in [0.29, 0.717) is 5.56 Å². The van der Waals surface area contributed by atoms with E-state index in [1.165, 1.54) is 24.3 Å². The fraction of sp³-hybridized carbons (Fsp3) is 0.333. The van der Waals surface area contributed by atoms with Crippen LogP contribution in [0.4, 0.5) is 13.2 Å². The molecule has 0 radical (unpaired) electrons. The molecule has 96 valence electrons. The lowest BCUT2D eigenvalue weighted by atomic mass is 10.2. The zero-order valence-electron chi connectivity index (χ0n) is 8.74. The zero-order valence-corrected chi connectivity index (χ0v) is 9.55. The van der Waals surface area contributed by atoms with Crippen LogP contribution in [0.5, 0.6) is 0 Å². The van der Waals surface area contributed by atoms with Crippen molar-refractivity contribution in [3.8, 4) is 0 Å². The summed E-state index contributed by atoms with van der Waals surface area (Å²) in [6.45, 7) is -0.839. The molecule has 4 nitrogen and oxygen atoms in total. The molecule has 0 aliphatic heterocycles. The highest BCUT2D eigenvalue weighted by Gasteiger charge is 2.29. The summed E-state index contributed by atoms with van der Waals surface area (Å²) in [5.74, 6) is 0. The van der Waals surface area contributed by atoms with Crippen LogP contribution >= 0.6 is 0 Å². The molecule has 17 heavy (non-hydrogen) atoms. The predicted molar refractivity (Wildman–Crippen MR) is 54.4 cm³/mol. The third-order valence-corrected chi connectivity index (χ3v) is 2.94. The van der Waals surface area contributed by atoms with Gasteiger partial charge in [-0.05, 0) is 12.1 Å². The van der Waals surface area contributed by atoms with Crippen LogP contribution in [-0.2, 0) is 16.6 Å². The Morgan fingerprint density at radius 1 is 1.18 bits per heavy atom. The minimum atomic E-state index is -4.21. The number of alkyl halides is 3. The summed E-state index contributed by atoms with van der Waals surface area (Å²) in [5, 5.41) is 5.97. The Balaban J connectivity index is 2.58. The minimum Gasteiger partial charge on any atom is -0.335 e. The summed E-state index contributed by atoms with van der Waals surface area (Å²) in [7, 11) is -3.75. The first-order valence-electron chi connectivity index (χ1n) is 4.69. The van der Waals surface area contributed by atoms with Crippen molar-refractivity contribution >= 4 is 10.0 Å². The van der Waals surface area contributed by atoms with Crippen molar-refractivity contribution < 1.29 is 26.9 Å². The summed E-state index contributed by atoms with van der Waals surface area (Å²) in [6.07, 6.45) is -4.21. The summed E-state index contributed by atoms with van der Waals surface area (Å²) in [4.78, 5) is -0.0583. The van der Waals surface area contributed by atoms with E-state index in [0.717, 1.165) is 5.32 Å². The molecule has 0 saturated heterocycles. The highest BCUT2D eigenvalue weighted by molar-refractivity contribution is 7.89. The van der Waals surface area contributed by atoms with Gasteiger partial charge < -0.3 is 5.32 Å². The van der Waals surface area contributed by atoms with Gasteiger partial charge in [-0.25, -0.2) is 13.6 Å². The van der Waals surface area contributed by atoms with Crippen LogP contribution in [-0.4, -0.2) is 21.1 Å². The highest BCUT2D eigenvalue weighted by Crippen LogP contribution is 2.11. The maximum atomic E-state index is 11.9. The van der Waals surface area contributed by atoms with Gasteiger partial charge in [0.25, 0.3) is 0 Å². The third-order valence-electron chi connectivity index (χ3n) is 2.01. The Morgan fingerprint density at radius 3 is 2.12 bits per heavy atom. The average molecular weight is 269 g/mol. The normalized spacial score (nSPS) is 12.7. The molecule has 0 aliphatic carbocycles. The summed E-state index contributed by atoms with van der Waals surface area (Å²) in [6, 6.07) is 5.41. The zero-order chi connectivity index (χ0) is 13.1. The molecular formula is C9H12F3N2O2S+. The van der Waals surface area contributed by atoms with Gasteiger partial charge >= 0.3 is 6.18 Å². The Hall–Kier alpha value is -1.12. The second kappa shape index (κ2) is 5.03. The highest BCUT2D eigenvalue weighted by atomic mass is 32.2. The first kappa shape index (κ1) is 13.9. The van der Waals surface area contributed by atoms with Gasteiger partial charge in [-0.3, -0.25) is 0 Å². The Labute approximate surface area is 96.7 Å². The molecule has 0 fully saturated rings. The van der Waals surface area contributed by atoms with Gasteiger partial charge in [0.05, 0.1) is 4.90 Å². The van der Waals surface area contributed by atoms with Gasteiger partial charge in [0.2, 0.25) is 10.0 Å². The molecule has 0 aromatic heterocycles. The van der Waals surface area contributed by atoms with E-state index >= 15 is 0 Å². The first-order valence-corrected chi connectivity index (χ1v) is 6.23. The molecule has 0 saturated carbocycles. The second-order valence-corrected chi connectivity index (χ2v) is 5.06. The average Bonchev–Trinajstić information content (AvgIpc) is 2.15. The van der Waals surface area contributed by atoms with Crippen LogP contribution in [0.3, 0.4) is 0 Å². The van der Waals surface area contributed by atoms with Crippen molar-refractivity contribution in [2.24, 2.45) is 5.14 Å². The Bertz CT molecular complexity index is 468. The van der Waals surface area contributed by atoms with E-state index in [2.05, 4.69) is 0 Å². The SMILES string of the molecule is NS(=O)(=O)c1ccc(C[NH2+]CC(F)(F)F)cc1. The van der Waals surface area contributed by atoms with Crippen LogP contribution in [0.1, 0.15) is 5.56 Å². The number of sulfonamides is 1. The smallest absolute Gasteiger partial charge is 0.335 e. The number of hydrogen-bond donors (Lipinski definition) is 2. The number of hydrogen-bond acceptors (Lipinski definition) is 2. The topological polar surface area (TPSA) is 76.8 Å². The first-order chi connectivity index (χ1) is 7.68. The van der Waals surface area contributed by atoms with E-state index in [1.54, 1.807) is 0 Å². The molecular weight excluding hydrogens is 257 g/mol.